The number of carbonyl (C=O) groups is 2. The molecule has 0 saturated heterocycles. The number of anilines is 1. The lowest BCUT2D eigenvalue weighted by molar-refractivity contribution is -0.387. The fourth-order valence-corrected chi connectivity index (χ4v) is 2.78. The van der Waals surface area contributed by atoms with E-state index in [1.165, 1.54) is 6.07 Å². The first kappa shape index (κ1) is 18.5. The third kappa shape index (κ3) is 5.61. The summed E-state index contributed by atoms with van der Waals surface area (Å²) in [5.74, 6) is -1.19. The molecule has 7 nitrogen and oxygen atoms in total. The summed E-state index contributed by atoms with van der Waals surface area (Å²) in [6.45, 7) is 1.44. The molecule has 1 amide bonds. The van der Waals surface area contributed by atoms with E-state index >= 15 is 0 Å². The summed E-state index contributed by atoms with van der Waals surface area (Å²) in [6.07, 6.45) is 0. The summed E-state index contributed by atoms with van der Waals surface area (Å²) < 4.78 is 4.90. The van der Waals surface area contributed by atoms with E-state index < -0.39 is 23.4 Å². The van der Waals surface area contributed by atoms with Gasteiger partial charge in [-0.1, -0.05) is 30.3 Å². The van der Waals surface area contributed by atoms with Crippen molar-refractivity contribution in [1.29, 1.82) is 0 Å². The fraction of sp³-hybridized carbons (Fsp3) is 0.176. The summed E-state index contributed by atoms with van der Waals surface area (Å²) in [5.41, 5.74) is 1.48. The average molecular weight is 360 g/mol. The Morgan fingerprint density at radius 3 is 2.56 bits per heavy atom. The number of carbonyl (C=O) groups excluding carboxylic acids is 2. The first-order valence-electron chi connectivity index (χ1n) is 7.34. The Balaban J connectivity index is 1.80. The molecule has 8 heteroatoms. The Morgan fingerprint density at radius 2 is 1.84 bits per heavy atom. The maximum atomic E-state index is 11.8. The molecule has 0 aliphatic carbocycles. The van der Waals surface area contributed by atoms with Crippen molar-refractivity contribution in [2.75, 3.05) is 17.7 Å². The van der Waals surface area contributed by atoms with E-state index in [9.17, 15) is 19.7 Å². The molecule has 0 fully saturated rings. The van der Waals surface area contributed by atoms with Crippen molar-refractivity contribution < 1.29 is 19.2 Å². The molecule has 0 bridgehead atoms. The maximum Gasteiger partial charge on any atom is 0.316 e. The molecule has 0 atom stereocenters. The maximum absolute atomic E-state index is 11.8. The van der Waals surface area contributed by atoms with E-state index in [1.807, 2.05) is 19.1 Å². The Morgan fingerprint density at radius 1 is 1.16 bits per heavy atom. The minimum absolute atomic E-state index is 0.0717. The van der Waals surface area contributed by atoms with Crippen LogP contribution in [-0.2, 0) is 14.3 Å². The second-order valence-electron chi connectivity index (χ2n) is 5.04. The van der Waals surface area contributed by atoms with Gasteiger partial charge < -0.3 is 10.1 Å². The van der Waals surface area contributed by atoms with Crippen molar-refractivity contribution >= 4 is 35.0 Å². The van der Waals surface area contributed by atoms with Crippen LogP contribution in [0.4, 0.5) is 11.4 Å². The standard InChI is InChI=1S/C17H16N2O5S/c1-12-6-2-3-7-13(12)18-16(20)10-24-17(21)11-25-15-9-5-4-8-14(15)19(22)23/h2-9H,10-11H2,1H3,(H,18,20). The Kier molecular flexibility index (Phi) is 6.53. The van der Waals surface area contributed by atoms with Gasteiger partial charge >= 0.3 is 5.97 Å². The van der Waals surface area contributed by atoms with Crippen molar-refractivity contribution in [3.63, 3.8) is 0 Å². The second kappa shape index (κ2) is 8.84. The number of nitro groups is 1. The van der Waals surface area contributed by atoms with Crippen LogP contribution in [-0.4, -0.2) is 29.2 Å². The number of ether oxygens (including phenoxy) is 1. The number of hydrogen-bond acceptors (Lipinski definition) is 6. The first-order chi connectivity index (χ1) is 12.0. The predicted octanol–water partition coefficient (Wildman–Crippen LogP) is 3.18. The molecule has 0 spiro atoms. The molecule has 0 aromatic heterocycles. The number of rotatable bonds is 7. The van der Waals surface area contributed by atoms with Crippen LogP contribution in [0.1, 0.15) is 5.56 Å². The molecule has 0 aliphatic rings. The van der Waals surface area contributed by atoms with Gasteiger partial charge in [-0.2, -0.15) is 0 Å². The minimum Gasteiger partial charge on any atom is -0.455 e. The van der Waals surface area contributed by atoms with Crippen molar-refractivity contribution in [1.82, 2.24) is 0 Å². The van der Waals surface area contributed by atoms with E-state index in [-0.39, 0.29) is 11.4 Å². The van der Waals surface area contributed by atoms with Gasteiger partial charge in [0.25, 0.3) is 11.6 Å². The Labute approximate surface area is 148 Å². The van der Waals surface area contributed by atoms with E-state index in [0.717, 1.165) is 17.3 Å². The lowest BCUT2D eigenvalue weighted by Gasteiger charge is -2.08. The van der Waals surface area contributed by atoms with Crippen LogP contribution >= 0.6 is 11.8 Å². The number of esters is 1. The van der Waals surface area contributed by atoms with Gasteiger partial charge in [-0.15, -0.1) is 11.8 Å². The Hall–Kier alpha value is -2.87. The summed E-state index contributed by atoms with van der Waals surface area (Å²) in [7, 11) is 0. The van der Waals surface area contributed by atoms with E-state index in [1.54, 1.807) is 30.3 Å². The molecular formula is C17H16N2O5S. The highest BCUT2D eigenvalue weighted by Gasteiger charge is 2.15. The highest BCUT2D eigenvalue weighted by atomic mass is 32.2. The molecule has 2 aromatic rings. The molecule has 0 radical (unpaired) electrons. The summed E-state index contributed by atoms with van der Waals surface area (Å²) >= 11 is 0.994. The van der Waals surface area contributed by atoms with Gasteiger partial charge in [0, 0.05) is 11.8 Å². The third-order valence-electron chi connectivity index (χ3n) is 3.19. The zero-order valence-electron chi connectivity index (χ0n) is 13.4. The van der Waals surface area contributed by atoms with Crippen LogP contribution in [0.2, 0.25) is 0 Å². The van der Waals surface area contributed by atoms with Crippen molar-refractivity contribution in [2.45, 2.75) is 11.8 Å². The Bertz CT molecular complexity index is 794. The number of nitrogens with one attached hydrogen (secondary N) is 1. The molecule has 1 N–H and O–H groups in total. The molecule has 0 aliphatic heterocycles. The SMILES string of the molecule is Cc1ccccc1NC(=O)COC(=O)CSc1ccccc1[N+](=O)[O-]. The van der Waals surface area contributed by atoms with Gasteiger partial charge in [0.15, 0.2) is 6.61 Å². The normalized spacial score (nSPS) is 10.1. The van der Waals surface area contributed by atoms with Crippen LogP contribution in [0.5, 0.6) is 0 Å². The lowest BCUT2D eigenvalue weighted by atomic mass is 10.2. The largest absolute Gasteiger partial charge is 0.455 e. The molecule has 0 heterocycles. The fourth-order valence-electron chi connectivity index (χ4n) is 1.95. The smallest absolute Gasteiger partial charge is 0.316 e. The monoisotopic (exact) mass is 360 g/mol. The lowest BCUT2D eigenvalue weighted by Crippen LogP contribution is -2.22. The number of thioether (sulfide) groups is 1. The zero-order chi connectivity index (χ0) is 18.2. The summed E-state index contributed by atoms with van der Waals surface area (Å²) in [4.78, 5) is 34.3. The number of benzene rings is 2. The van der Waals surface area contributed by atoms with E-state index in [4.69, 9.17) is 4.74 Å². The molecular weight excluding hydrogens is 344 g/mol. The molecule has 2 aromatic carbocycles. The number of nitrogens with zero attached hydrogens (tertiary/aromatic N) is 1. The van der Waals surface area contributed by atoms with E-state index in [0.29, 0.717) is 10.6 Å². The van der Waals surface area contributed by atoms with Crippen molar-refractivity contribution in [3.8, 4) is 0 Å². The number of aryl methyl sites for hydroxylation is 1. The highest BCUT2D eigenvalue weighted by molar-refractivity contribution is 8.00. The topological polar surface area (TPSA) is 98.5 Å². The van der Waals surface area contributed by atoms with Crippen molar-refractivity contribution in [3.05, 3.63) is 64.2 Å². The van der Waals surface area contributed by atoms with Crippen LogP contribution in [0.3, 0.4) is 0 Å². The van der Waals surface area contributed by atoms with Gasteiger partial charge in [0.1, 0.15) is 0 Å². The second-order valence-corrected chi connectivity index (χ2v) is 6.05. The highest BCUT2D eigenvalue weighted by Crippen LogP contribution is 2.28. The van der Waals surface area contributed by atoms with Gasteiger partial charge in [-0.05, 0) is 24.6 Å². The number of amides is 1. The number of para-hydroxylation sites is 2. The number of nitro benzene ring substituents is 1. The van der Waals surface area contributed by atoms with E-state index in [2.05, 4.69) is 5.32 Å². The molecule has 25 heavy (non-hydrogen) atoms. The minimum atomic E-state index is -0.622. The molecule has 130 valence electrons. The van der Waals surface area contributed by atoms with Crippen LogP contribution in [0.25, 0.3) is 0 Å². The predicted molar refractivity (Wildman–Crippen MR) is 94.6 cm³/mol. The molecule has 0 unspecified atom stereocenters. The first-order valence-corrected chi connectivity index (χ1v) is 8.33. The average Bonchev–Trinajstić information content (AvgIpc) is 2.60. The zero-order valence-corrected chi connectivity index (χ0v) is 14.2. The van der Waals surface area contributed by atoms with Gasteiger partial charge in [0.05, 0.1) is 15.6 Å². The van der Waals surface area contributed by atoms with Crippen LogP contribution in [0, 0.1) is 17.0 Å². The van der Waals surface area contributed by atoms with Crippen molar-refractivity contribution in [2.24, 2.45) is 0 Å². The molecule has 2 rings (SSSR count). The van der Waals surface area contributed by atoms with Crippen LogP contribution < -0.4 is 5.32 Å². The van der Waals surface area contributed by atoms with Gasteiger partial charge in [-0.25, -0.2) is 0 Å². The number of hydrogen-bond donors (Lipinski definition) is 1. The van der Waals surface area contributed by atoms with Gasteiger partial charge in [-0.3, -0.25) is 19.7 Å². The summed E-state index contributed by atoms with van der Waals surface area (Å²) in [6, 6.07) is 13.4. The quantitative estimate of drug-likeness (QED) is 0.352. The summed E-state index contributed by atoms with van der Waals surface area (Å²) in [5, 5.41) is 13.6. The van der Waals surface area contributed by atoms with Crippen LogP contribution in [0.15, 0.2) is 53.4 Å². The third-order valence-corrected chi connectivity index (χ3v) is 4.23. The molecule has 0 saturated carbocycles. The van der Waals surface area contributed by atoms with Gasteiger partial charge in [0.2, 0.25) is 0 Å².